The Kier molecular flexibility index (Phi) is 4.57. The van der Waals surface area contributed by atoms with Gasteiger partial charge < -0.3 is 5.11 Å². The fourth-order valence-electron chi connectivity index (χ4n) is 2.30. The van der Waals surface area contributed by atoms with Gasteiger partial charge in [-0.3, -0.25) is 4.68 Å². The molecule has 7 nitrogen and oxygen atoms in total. The van der Waals surface area contributed by atoms with Crippen molar-refractivity contribution in [3.8, 4) is 11.3 Å². The van der Waals surface area contributed by atoms with Crippen molar-refractivity contribution in [1.82, 2.24) is 24.8 Å². The Hall–Kier alpha value is -2.74. The molecule has 2 heterocycles. The smallest absolute Gasteiger partial charge is 0.336 e. The Morgan fingerprint density at radius 3 is 2.88 bits per heavy atom. The van der Waals surface area contributed by atoms with Crippen LogP contribution in [-0.2, 0) is 13.1 Å². The maximum atomic E-state index is 12.3. The number of carboxylic acids is 1. The summed E-state index contributed by atoms with van der Waals surface area (Å²) < 4.78 is 15.4. The number of halogens is 2. The molecule has 0 bridgehead atoms. The Labute approximate surface area is 141 Å². The molecule has 0 aliphatic heterocycles. The molecule has 24 heavy (non-hydrogen) atoms. The first-order valence-corrected chi connectivity index (χ1v) is 7.45. The van der Waals surface area contributed by atoms with E-state index in [1.54, 1.807) is 35.4 Å². The van der Waals surface area contributed by atoms with Crippen LogP contribution in [0, 0.1) is 0 Å². The van der Waals surface area contributed by atoms with Gasteiger partial charge in [0.25, 0.3) is 0 Å². The first-order valence-electron chi connectivity index (χ1n) is 7.07. The number of nitrogens with zero attached hydrogens (tertiary/aromatic N) is 5. The number of carbonyl (C=O) groups is 1. The minimum absolute atomic E-state index is 0.0605. The van der Waals surface area contributed by atoms with Crippen LogP contribution in [0.5, 0.6) is 0 Å². The second-order valence-corrected chi connectivity index (χ2v) is 5.53. The van der Waals surface area contributed by atoms with Gasteiger partial charge in [-0.25, -0.2) is 13.9 Å². The lowest BCUT2D eigenvalue weighted by Gasteiger charge is -2.02. The highest BCUT2D eigenvalue weighted by Gasteiger charge is 2.15. The maximum absolute atomic E-state index is 12.3. The number of carboxylic acid groups (broad SMARTS) is 1. The SMILES string of the molecule is O=C(O)c1cc(Cl)ccc1-c1cn(Cc2cnn(CCF)c2)nn1. The molecule has 124 valence electrons. The molecule has 0 spiro atoms. The van der Waals surface area contributed by atoms with Crippen molar-refractivity contribution in [3.05, 3.63) is 52.9 Å². The molecule has 0 atom stereocenters. The molecule has 0 aliphatic rings. The lowest BCUT2D eigenvalue weighted by Crippen LogP contribution is -2.01. The largest absolute Gasteiger partial charge is 0.478 e. The normalized spacial score (nSPS) is 10.9. The van der Waals surface area contributed by atoms with Crippen molar-refractivity contribution in [3.63, 3.8) is 0 Å². The van der Waals surface area contributed by atoms with Crippen LogP contribution in [0.1, 0.15) is 15.9 Å². The Morgan fingerprint density at radius 2 is 2.12 bits per heavy atom. The average Bonchev–Trinajstić information content (AvgIpc) is 3.18. The molecule has 3 aromatic rings. The van der Waals surface area contributed by atoms with E-state index in [-0.39, 0.29) is 12.1 Å². The highest BCUT2D eigenvalue weighted by molar-refractivity contribution is 6.31. The molecule has 3 rings (SSSR count). The van der Waals surface area contributed by atoms with E-state index in [1.807, 2.05) is 0 Å². The Morgan fingerprint density at radius 1 is 1.29 bits per heavy atom. The second-order valence-electron chi connectivity index (χ2n) is 5.10. The summed E-state index contributed by atoms with van der Waals surface area (Å²) in [4.78, 5) is 11.4. The van der Waals surface area contributed by atoms with Crippen molar-refractivity contribution >= 4 is 17.6 Å². The van der Waals surface area contributed by atoms with Gasteiger partial charge in [0.1, 0.15) is 12.4 Å². The number of benzene rings is 1. The molecule has 2 aromatic heterocycles. The van der Waals surface area contributed by atoms with Gasteiger partial charge in [0.05, 0.1) is 31.0 Å². The summed E-state index contributed by atoms with van der Waals surface area (Å²) in [5, 5.41) is 21.7. The van der Waals surface area contributed by atoms with Gasteiger partial charge in [0.15, 0.2) is 0 Å². The average molecular weight is 350 g/mol. The zero-order valence-electron chi connectivity index (χ0n) is 12.4. The zero-order chi connectivity index (χ0) is 17.1. The topological polar surface area (TPSA) is 85.8 Å². The molecular weight excluding hydrogens is 337 g/mol. The Bertz CT molecular complexity index is 876. The number of alkyl halides is 1. The van der Waals surface area contributed by atoms with Gasteiger partial charge in [0.2, 0.25) is 0 Å². The van der Waals surface area contributed by atoms with Crippen LogP contribution in [0.3, 0.4) is 0 Å². The molecule has 0 amide bonds. The van der Waals surface area contributed by atoms with E-state index in [0.717, 1.165) is 5.56 Å². The van der Waals surface area contributed by atoms with Gasteiger partial charge in [-0.05, 0) is 12.1 Å². The van der Waals surface area contributed by atoms with Crippen LogP contribution >= 0.6 is 11.6 Å². The molecule has 1 aromatic carbocycles. The molecule has 0 aliphatic carbocycles. The second kappa shape index (κ2) is 6.79. The summed E-state index contributed by atoms with van der Waals surface area (Å²) in [6.07, 6.45) is 5.00. The minimum atomic E-state index is -1.09. The molecule has 0 saturated carbocycles. The predicted molar refractivity (Wildman–Crippen MR) is 84.7 cm³/mol. The third kappa shape index (κ3) is 3.43. The van der Waals surface area contributed by atoms with Crippen LogP contribution < -0.4 is 0 Å². The highest BCUT2D eigenvalue weighted by Crippen LogP contribution is 2.25. The van der Waals surface area contributed by atoms with Gasteiger partial charge in [-0.15, -0.1) is 5.10 Å². The summed E-state index contributed by atoms with van der Waals surface area (Å²) in [7, 11) is 0. The minimum Gasteiger partial charge on any atom is -0.478 e. The van der Waals surface area contributed by atoms with Crippen LogP contribution in [0.4, 0.5) is 4.39 Å². The maximum Gasteiger partial charge on any atom is 0.336 e. The molecule has 0 fully saturated rings. The van der Waals surface area contributed by atoms with Gasteiger partial charge in [-0.2, -0.15) is 5.10 Å². The summed E-state index contributed by atoms with van der Waals surface area (Å²) >= 11 is 5.85. The van der Waals surface area contributed by atoms with Crippen molar-refractivity contribution in [2.45, 2.75) is 13.1 Å². The van der Waals surface area contributed by atoms with E-state index in [0.29, 0.717) is 22.8 Å². The lowest BCUT2D eigenvalue weighted by molar-refractivity contribution is 0.0697. The fraction of sp³-hybridized carbons (Fsp3) is 0.200. The van der Waals surface area contributed by atoms with Gasteiger partial charge in [0, 0.05) is 22.3 Å². The number of rotatable bonds is 6. The molecule has 0 saturated heterocycles. The van der Waals surface area contributed by atoms with Gasteiger partial charge in [-0.1, -0.05) is 22.9 Å². The third-order valence-electron chi connectivity index (χ3n) is 3.37. The van der Waals surface area contributed by atoms with Crippen LogP contribution in [0.15, 0.2) is 36.8 Å². The van der Waals surface area contributed by atoms with Gasteiger partial charge >= 0.3 is 5.97 Å². The molecule has 1 N–H and O–H groups in total. The van der Waals surface area contributed by atoms with Crippen molar-refractivity contribution < 1.29 is 14.3 Å². The zero-order valence-corrected chi connectivity index (χ0v) is 13.2. The third-order valence-corrected chi connectivity index (χ3v) is 3.61. The number of aromatic carboxylic acids is 1. The monoisotopic (exact) mass is 349 g/mol. The van der Waals surface area contributed by atoms with Crippen molar-refractivity contribution in [2.75, 3.05) is 6.67 Å². The first-order chi connectivity index (χ1) is 11.6. The first kappa shape index (κ1) is 16.1. The van der Waals surface area contributed by atoms with E-state index in [2.05, 4.69) is 15.4 Å². The fourth-order valence-corrected chi connectivity index (χ4v) is 2.47. The summed E-state index contributed by atoms with van der Waals surface area (Å²) in [6, 6.07) is 4.57. The number of aryl methyl sites for hydroxylation is 1. The number of aromatic nitrogens is 5. The van der Waals surface area contributed by atoms with E-state index in [1.165, 1.54) is 10.7 Å². The highest BCUT2D eigenvalue weighted by atomic mass is 35.5. The van der Waals surface area contributed by atoms with E-state index < -0.39 is 12.6 Å². The summed E-state index contributed by atoms with van der Waals surface area (Å²) in [5.74, 6) is -1.09. The predicted octanol–water partition coefficient (Wildman–Crippen LogP) is 2.51. The Balaban J connectivity index is 1.84. The molecule has 0 radical (unpaired) electrons. The number of hydrogen-bond donors (Lipinski definition) is 1. The molecular formula is C15H13ClFN5O2. The number of hydrogen-bond acceptors (Lipinski definition) is 4. The lowest BCUT2D eigenvalue weighted by atomic mass is 10.1. The van der Waals surface area contributed by atoms with Crippen LogP contribution in [0.2, 0.25) is 5.02 Å². The van der Waals surface area contributed by atoms with Crippen LogP contribution in [-0.4, -0.2) is 42.5 Å². The van der Waals surface area contributed by atoms with Crippen LogP contribution in [0.25, 0.3) is 11.3 Å². The molecule has 9 heteroatoms. The standard InChI is InChI=1S/C15H13ClFN5O2/c16-11-1-2-12(13(5-11)15(23)24)14-9-22(20-19-14)8-10-6-18-21(7-10)4-3-17/h1-2,5-7,9H,3-4,8H2,(H,23,24). The van der Waals surface area contributed by atoms with E-state index in [4.69, 9.17) is 11.6 Å². The summed E-state index contributed by atoms with van der Waals surface area (Å²) in [6.45, 7) is 0.119. The van der Waals surface area contributed by atoms with Crippen molar-refractivity contribution in [2.24, 2.45) is 0 Å². The summed E-state index contributed by atoms with van der Waals surface area (Å²) in [5.41, 5.74) is 1.77. The van der Waals surface area contributed by atoms with Crippen molar-refractivity contribution in [1.29, 1.82) is 0 Å². The van der Waals surface area contributed by atoms with E-state index in [9.17, 15) is 14.3 Å². The molecule has 0 unspecified atom stereocenters. The quantitative estimate of drug-likeness (QED) is 0.739. The van der Waals surface area contributed by atoms with E-state index >= 15 is 0 Å².